The standard InChI is InChI=1S/C12H16O3/c1-10(2)4-5-12(7-14-12)11(3)8(10)6-9(13)15-11/h6H,4-5,7H2,1-3H3/t11-,12+/m0/s1. The summed E-state index contributed by atoms with van der Waals surface area (Å²) in [6, 6.07) is 0. The summed E-state index contributed by atoms with van der Waals surface area (Å²) in [5.74, 6) is -0.211. The minimum Gasteiger partial charge on any atom is -0.448 e. The van der Waals surface area contributed by atoms with E-state index >= 15 is 0 Å². The number of carbonyl (C=O) groups excluding carboxylic acids is 1. The molecule has 3 nitrogen and oxygen atoms in total. The van der Waals surface area contributed by atoms with Crippen molar-refractivity contribution in [3.05, 3.63) is 11.6 Å². The van der Waals surface area contributed by atoms with Crippen LogP contribution in [0.1, 0.15) is 33.6 Å². The number of carbonyl (C=O) groups is 1. The summed E-state index contributed by atoms with van der Waals surface area (Å²) >= 11 is 0. The average molecular weight is 208 g/mol. The zero-order valence-electron chi connectivity index (χ0n) is 9.42. The first kappa shape index (κ1) is 9.40. The van der Waals surface area contributed by atoms with Crippen LogP contribution < -0.4 is 0 Å². The van der Waals surface area contributed by atoms with Gasteiger partial charge in [0, 0.05) is 6.08 Å². The molecule has 0 aromatic heterocycles. The lowest BCUT2D eigenvalue weighted by molar-refractivity contribution is -0.153. The summed E-state index contributed by atoms with van der Waals surface area (Å²) in [5.41, 5.74) is 0.452. The SMILES string of the molecule is CC1(C)CC[C@@]2(CO2)[C@@]2(C)OC(=O)C=C12. The Kier molecular flexibility index (Phi) is 1.44. The smallest absolute Gasteiger partial charge is 0.331 e. The molecule has 1 aliphatic carbocycles. The second-order valence-corrected chi connectivity index (χ2v) is 5.68. The maximum atomic E-state index is 11.5. The summed E-state index contributed by atoms with van der Waals surface area (Å²) in [6.07, 6.45) is 3.72. The van der Waals surface area contributed by atoms with Gasteiger partial charge < -0.3 is 9.47 Å². The molecule has 0 aromatic rings. The minimum atomic E-state index is -0.508. The Morgan fingerprint density at radius 3 is 2.53 bits per heavy atom. The van der Waals surface area contributed by atoms with E-state index in [1.54, 1.807) is 6.08 Å². The van der Waals surface area contributed by atoms with Crippen molar-refractivity contribution < 1.29 is 14.3 Å². The van der Waals surface area contributed by atoms with Gasteiger partial charge in [0.2, 0.25) is 0 Å². The van der Waals surface area contributed by atoms with Gasteiger partial charge in [0.05, 0.1) is 6.61 Å². The molecule has 0 radical (unpaired) electrons. The summed E-state index contributed by atoms with van der Waals surface area (Å²) in [5, 5.41) is 0. The molecule has 0 aromatic carbocycles. The van der Waals surface area contributed by atoms with Crippen molar-refractivity contribution in [3.63, 3.8) is 0 Å². The lowest BCUT2D eigenvalue weighted by atomic mass is 9.62. The van der Waals surface area contributed by atoms with Gasteiger partial charge in [-0.3, -0.25) is 0 Å². The molecule has 3 rings (SSSR count). The lowest BCUT2D eigenvalue weighted by Gasteiger charge is -2.45. The zero-order chi connectivity index (χ0) is 10.9. The van der Waals surface area contributed by atoms with Gasteiger partial charge in [-0.05, 0) is 30.8 Å². The van der Waals surface area contributed by atoms with E-state index < -0.39 is 5.60 Å². The highest BCUT2D eigenvalue weighted by atomic mass is 16.6. The molecule has 2 aliphatic heterocycles. The normalized spacial score (nSPS) is 46.1. The van der Waals surface area contributed by atoms with Crippen molar-refractivity contribution >= 4 is 5.97 Å². The Morgan fingerprint density at radius 1 is 1.27 bits per heavy atom. The van der Waals surface area contributed by atoms with Gasteiger partial charge in [-0.15, -0.1) is 0 Å². The molecule has 2 heterocycles. The fourth-order valence-electron chi connectivity index (χ4n) is 3.12. The monoisotopic (exact) mass is 208 g/mol. The summed E-state index contributed by atoms with van der Waals surface area (Å²) in [6.45, 7) is 7.07. The molecule has 0 N–H and O–H groups in total. The van der Waals surface area contributed by atoms with Crippen LogP contribution in [0.15, 0.2) is 11.6 Å². The van der Waals surface area contributed by atoms with Crippen molar-refractivity contribution in [2.45, 2.75) is 44.8 Å². The minimum absolute atomic E-state index is 0.0537. The van der Waals surface area contributed by atoms with Crippen LogP contribution in [0, 0.1) is 5.41 Å². The molecule has 1 saturated carbocycles. The van der Waals surface area contributed by atoms with E-state index in [-0.39, 0.29) is 17.0 Å². The number of fused-ring (bicyclic) bond motifs is 2. The van der Waals surface area contributed by atoms with Gasteiger partial charge in [-0.2, -0.15) is 0 Å². The predicted molar refractivity (Wildman–Crippen MR) is 54.3 cm³/mol. The van der Waals surface area contributed by atoms with E-state index in [2.05, 4.69) is 13.8 Å². The van der Waals surface area contributed by atoms with Crippen LogP contribution in [0.25, 0.3) is 0 Å². The van der Waals surface area contributed by atoms with E-state index in [1.807, 2.05) is 6.92 Å². The number of hydrogen-bond acceptors (Lipinski definition) is 3. The first-order chi connectivity index (χ1) is 6.90. The maximum absolute atomic E-state index is 11.5. The molecule has 3 heteroatoms. The lowest BCUT2D eigenvalue weighted by Crippen LogP contribution is -2.52. The molecular formula is C12H16O3. The third-order valence-electron chi connectivity index (χ3n) is 4.33. The Bertz CT molecular complexity index is 376. The topological polar surface area (TPSA) is 38.8 Å². The first-order valence-corrected chi connectivity index (χ1v) is 5.49. The zero-order valence-corrected chi connectivity index (χ0v) is 9.42. The maximum Gasteiger partial charge on any atom is 0.331 e. The number of rotatable bonds is 0. The second kappa shape index (κ2) is 2.29. The van der Waals surface area contributed by atoms with Crippen LogP contribution in [0.5, 0.6) is 0 Å². The second-order valence-electron chi connectivity index (χ2n) is 5.68. The Morgan fingerprint density at radius 2 is 1.93 bits per heavy atom. The Hall–Kier alpha value is -0.830. The van der Waals surface area contributed by atoms with Crippen LogP contribution in [0.4, 0.5) is 0 Å². The highest BCUT2D eigenvalue weighted by molar-refractivity contribution is 5.87. The molecule has 1 saturated heterocycles. The van der Waals surface area contributed by atoms with Crippen LogP contribution in [-0.2, 0) is 14.3 Å². The highest BCUT2D eigenvalue weighted by Crippen LogP contribution is 2.60. The van der Waals surface area contributed by atoms with Crippen LogP contribution in [0.3, 0.4) is 0 Å². The van der Waals surface area contributed by atoms with Gasteiger partial charge in [0.15, 0.2) is 5.60 Å². The quantitative estimate of drug-likeness (QED) is 0.450. The molecule has 2 fully saturated rings. The van der Waals surface area contributed by atoms with Gasteiger partial charge in [-0.25, -0.2) is 4.79 Å². The van der Waals surface area contributed by atoms with Crippen LogP contribution >= 0.6 is 0 Å². The van der Waals surface area contributed by atoms with Crippen molar-refractivity contribution in [1.29, 1.82) is 0 Å². The highest BCUT2D eigenvalue weighted by Gasteiger charge is 2.69. The van der Waals surface area contributed by atoms with Crippen molar-refractivity contribution in [1.82, 2.24) is 0 Å². The van der Waals surface area contributed by atoms with Crippen molar-refractivity contribution in [2.24, 2.45) is 5.41 Å². The summed E-state index contributed by atoms with van der Waals surface area (Å²) < 4.78 is 11.1. The summed E-state index contributed by atoms with van der Waals surface area (Å²) in [7, 11) is 0. The largest absolute Gasteiger partial charge is 0.448 e. The van der Waals surface area contributed by atoms with Crippen molar-refractivity contribution in [2.75, 3.05) is 6.61 Å². The van der Waals surface area contributed by atoms with Crippen molar-refractivity contribution in [3.8, 4) is 0 Å². The molecule has 82 valence electrons. The van der Waals surface area contributed by atoms with Gasteiger partial charge in [-0.1, -0.05) is 13.8 Å². The van der Waals surface area contributed by atoms with E-state index in [1.165, 1.54) is 0 Å². The van der Waals surface area contributed by atoms with Crippen LogP contribution in [0.2, 0.25) is 0 Å². The van der Waals surface area contributed by atoms with E-state index in [9.17, 15) is 4.79 Å². The number of epoxide rings is 1. The third-order valence-corrected chi connectivity index (χ3v) is 4.33. The number of esters is 1. The fourth-order valence-corrected chi connectivity index (χ4v) is 3.12. The molecule has 2 atom stereocenters. The molecule has 0 amide bonds. The summed E-state index contributed by atoms with van der Waals surface area (Å²) in [4.78, 5) is 11.5. The number of ether oxygens (including phenoxy) is 2. The van der Waals surface area contributed by atoms with E-state index in [0.717, 1.165) is 25.0 Å². The first-order valence-electron chi connectivity index (χ1n) is 5.49. The fraction of sp³-hybridized carbons (Fsp3) is 0.750. The molecule has 3 aliphatic rings. The average Bonchev–Trinajstić information content (AvgIpc) is 2.84. The molecule has 0 unspecified atom stereocenters. The Labute approximate surface area is 89.4 Å². The molecule has 0 bridgehead atoms. The third kappa shape index (κ3) is 0.969. The Balaban J connectivity index is 2.12. The molecule has 1 spiro atoms. The van der Waals surface area contributed by atoms with Gasteiger partial charge >= 0.3 is 5.97 Å². The molecule has 15 heavy (non-hydrogen) atoms. The van der Waals surface area contributed by atoms with Gasteiger partial charge in [0.1, 0.15) is 5.60 Å². The number of hydrogen-bond donors (Lipinski definition) is 0. The van der Waals surface area contributed by atoms with Crippen LogP contribution in [-0.4, -0.2) is 23.8 Å². The van der Waals surface area contributed by atoms with Gasteiger partial charge in [0.25, 0.3) is 0 Å². The molecular weight excluding hydrogens is 192 g/mol. The van der Waals surface area contributed by atoms with E-state index in [4.69, 9.17) is 9.47 Å². The predicted octanol–water partition coefficient (Wildman–Crippen LogP) is 1.82. The van der Waals surface area contributed by atoms with E-state index in [0.29, 0.717) is 0 Å².